The van der Waals surface area contributed by atoms with Crippen LogP contribution in [0.15, 0.2) is 11.0 Å². The largest absolute Gasteiger partial charge is 0.480 e. The van der Waals surface area contributed by atoms with Crippen LogP contribution in [-0.4, -0.2) is 58.6 Å². The predicted octanol–water partition coefficient (Wildman–Crippen LogP) is 7.27. The standard InChI is InChI=1S/C30H53F3N2O5S/c1-3-5-7-8-9-10-11-12-13-14-15-16-17-18-19-21-26(25(36)20-6-4-2)41-23-24(28(39)34-22-27(37)38)35-29(40)30(31,32)33/h21,24-25,36H,3-20,22-23H2,1-2H3,(H,34,39)(H,35,40)(H,37,38)/t24-,25-/m0/s1. The average molecular weight is 611 g/mol. The number of carboxylic acids is 1. The second kappa shape index (κ2) is 24.8. The number of unbranched alkanes of at least 4 members (excludes halogenated alkanes) is 15. The van der Waals surface area contributed by atoms with Crippen molar-refractivity contribution >= 4 is 29.5 Å². The fourth-order valence-electron chi connectivity index (χ4n) is 4.30. The Morgan fingerprint density at radius 1 is 0.805 bits per heavy atom. The molecule has 0 fully saturated rings. The molecule has 0 aliphatic rings. The van der Waals surface area contributed by atoms with Crippen LogP contribution in [0.25, 0.3) is 0 Å². The first-order valence-electron chi connectivity index (χ1n) is 15.4. The van der Waals surface area contributed by atoms with Crippen molar-refractivity contribution in [3.05, 3.63) is 11.0 Å². The second-order valence-corrected chi connectivity index (χ2v) is 11.7. The number of carbonyl (C=O) groups is 3. The van der Waals surface area contributed by atoms with Crippen LogP contribution >= 0.6 is 11.8 Å². The van der Waals surface area contributed by atoms with Gasteiger partial charge in [0.2, 0.25) is 5.91 Å². The van der Waals surface area contributed by atoms with Gasteiger partial charge in [-0.05, 0) is 19.3 Å². The number of thioether (sulfide) groups is 1. The predicted molar refractivity (Wildman–Crippen MR) is 160 cm³/mol. The molecule has 0 saturated heterocycles. The molecular formula is C30H53F3N2O5S. The monoisotopic (exact) mass is 610 g/mol. The zero-order chi connectivity index (χ0) is 30.9. The minimum Gasteiger partial charge on any atom is -0.480 e. The van der Waals surface area contributed by atoms with Gasteiger partial charge in [0.1, 0.15) is 12.6 Å². The number of rotatable bonds is 26. The third kappa shape index (κ3) is 22.5. The highest BCUT2D eigenvalue weighted by molar-refractivity contribution is 8.03. The normalized spacial score (nSPS) is 13.6. The maximum Gasteiger partial charge on any atom is 0.471 e. The number of carboxylic acid groups (broad SMARTS) is 1. The molecule has 41 heavy (non-hydrogen) atoms. The van der Waals surface area contributed by atoms with E-state index < -0.39 is 42.7 Å². The van der Waals surface area contributed by atoms with Crippen LogP contribution in [0.2, 0.25) is 0 Å². The molecule has 4 N–H and O–H groups in total. The summed E-state index contributed by atoms with van der Waals surface area (Å²) >= 11 is 1.01. The van der Waals surface area contributed by atoms with Crippen molar-refractivity contribution in [1.29, 1.82) is 0 Å². The number of amides is 2. The summed E-state index contributed by atoms with van der Waals surface area (Å²) < 4.78 is 38.4. The molecule has 0 rings (SSSR count). The molecule has 0 spiro atoms. The van der Waals surface area contributed by atoms with Crippen molar-refractivity contribution < 1.29 is 37.8 Å². The minimum absolute atomic E-state index is 0.277. The van der Waals surface area contributed by atoms with Crippen molar-refractivity contribution in [3.8, 4) is 0 Å². The van der Waals surface area contributed by atoms with Crippen LogP contribution < -0.4 is 10.6 Å². The number of aliphatic hydroxyl groups excluding tert-OH is 1. The highest BCUT2D eigenvalue weighted by Crippen LogP contribution is 2.26. The summed E-state index contributed by atoms with van der Waals surface area (Å²) in [4.78, 5) is 35.1. The van der Waals surface area contributed by atoms with Gasteiger partial charge in [-0.1, -0.05) is 116 Å². The number of alkyl halides is 3. The fourth-order valence-corrected chi connectivity index (χ4v) is 5.44. The van der Waals surface area contributed by atoms with Gasteiger partial charge in [0.05, 0.1) is 6.10 Å². The van der Waals surface area contributed by atoms with Gasteiger partial charge in [-0.15, -0.1) is 11.8 Å². The summed E-state index contributed by atoms with van der Waals surface area (Å²) in [5, 5.41) is 23.1. The van der Waals surface area contributed by atoms with Gasteiger partial charge in [0, 0.05) is 10.7 Å². The van der Waals surface area contributed by atoms with Crippen molar-refractivity contribution in [2.24, 2.45) is 0 Å². The Morgan fingerprint density at radius 3 is 1.76 bits per heavy atom. The van der Waals surface area contributed by atoms with Gasteiger partial charge in [-0.2, -0.15) is 13.2 Å². The Kier molecular flexibility index (Phi) is 23.8. The van der Waals surface area contributed by atoms with Crippen LogP contribution in [0.3, 0.4) is 0 Å². The molecule has 0 aliphatic heterocycles. The lowest BCUT2D eigenvalue weighted by Crippen LogP contribution is -2.52. The third-order valence-electron chi connectivity index (χ3n) is 6.77. The van der Waals surface area contributed by atoms with Gasteiger partial charge in [-0.25, -0.2) is 0 Å². The van der Waals surface area contributed by atoms with Crippen molar-refractivity contribution in [3.63, 3.8) is 0 Å². The summed E-state index contributed by atoms with van der Waals surface area (Å²) in [6.07, 6.45) is 16.0. The highest BCUT2D eigenvalue weighted by Gasteiger charge is 2.41. The van der Waals surface area contributed by atoms with E-state index in [2.05, 4.69) is 6.92 Å². The average Bonchev–Trinajstić information content (AvgIpc) is 2.92. The van der Waals surface area contributed by atoms with Crippen LogP contribution in [0, 0.1) is 0 Å². The van der Waals surface area contributed by atoms with E-state index in [1.165, 1.54) is 70.6 Å². The van der Waals surface area contributed by atoms with Crippen LogP contribution in [0.1, 0.15) is 129 Å². The van der Waals surface area contributed by atoms with E-state index in [0.29, 0.717) is 17.7 Å². The molecule has 0 bridgehead atoms. The lowest BCUT2D eigenvalue weighted by molar-refractivity contribution is -0.174. The molecule has 0 aromatic heterocycles. The van der Waals surface area contributed by atoms with E-state index in [0.717, 1.165) is 43.9 Å². The molecule has 0 aromatic carbocycles. The van der Waals surface area contributed by atoms with E-state index in [4.69, 9.17) is 5.11 Å². The van der Waals surface area contributed by atoms with Crippen LogP contribution in [-0.2, 0) is 14.4 Å². The maximum absolute atomic E-state index is 12.8. The van der Waals surface area contributed by atoms with Gasteiger partial charge < -0.3 is 20.8 Å². The van der Waals surface area contributed by atoms with Gasteiger partial charge in [-0.3, -0.25) is 14.4 Å². The number of carbonyl (C=O) groups excluding carboxylic acids is 2. The summed E-state index contributed by atoms with van der Waals surface area (Å²) in [5.41, 5.74) is 0. The molecule has 0 saturated carbocycles. The Balaban J connectivity index is 4.67. The first-order chi connectivity index (χ1) is 19.5. The number of aliphatic hydroxyl groups is 1. The van der Waals surface area contributed by atoms with E-state index >= 15 is 0 Å². The number of halogens is 3. The van der Waals surface area contributed by atoms with Crippen molar-refractivity contribution in [1.82, 2.24) is 10.6 Å². The summed E-state index contributed by atoms with van der Waals surface area (Å²) in [5.74, 6) is -4.96. The third-order valence-corrected chi connectivity index (χ3v) is 8.04. The molecule has 0 heterocycles. The van der Waals surface area contributed by atoms with Crippen LogP contribution in [0.5, 0.6) is 0 Å². The maximum atomic E-state index is 12.8. The van der Waals surface area contributed by atoms with E-state index in [-0.39, 0.29) is 5.75 Å². The molecule has 240 valence electrons. The van der Waals surface area contributed by atoms with Gasteiger partial charge in [0.25, 0.3) is 0 Å². The molecular weight excluding hydrogens is 557 g/mol. The van der Waals surface area contributed by atoms with E-state index in [1.807, 2.05) is 18.3 Å². The van der Waals surface area contributed by atoms with Crippen molar-refractivity contribution in [2.45, 2.75) is 148 Å². The Hall–Kier alpha value is -1.75. The Labute approximate surface area is 248 Å². The van der Waals surface area contributed by atoms with Gasteiger partial charge in [0.15, 0.2) is 0 Å². The second-order valence-electron chi connectivity index (χ2n) is 10.6. The number of hydrogen-bond donors (Lipinski definition) is 4. The van der Waals surface area contributed by atoms with E-state index in [1.54, 1.807) is 5.32 Å². The number of allylic oxidation sites excluding steroid dienone is 1. The summed E-state index contributed by atoms with van der Waals surface area (Å²) in [7, 11) is 0. The summed E-state index contributed by atoms with van der Waals surface area (Å²) in [6.45, 7) is 3.42. The number of nitrogens with one attached hydrogen (secondary N) is 2. The first kappa shape index (κ1) is 39.2. The first-order valence-corrected chi connectivity index (χ1v) is 16.4. The molecule has 0 aromatic rings. The molecule has 2 amide bonds. The lowest BCUT2D eigenvalue weighted by Gasteiger charge is -2.21. The zero-order valence-corrected chi connectivity index (χ0v) is 25.9. The molecule has 0 radical (unpaired) electrons. The Bertz CT molecular complexity index is 750. The topological polar surface area (TPSA) is 116 Å². The highest BCUT2D eigenvalue weighted by atomic mass is 32.2. The fraction of sp³-hybridized carbons (Fsp3) is 0.833. The van der Waals surface area contributed by atoms with Crippen LogP contribution in [0.4, 0.5) is 13.2 Å². The zero-order valence-electron chi connectivity index (χ0n) is 25.0. The van der Waals surface area contributed by atoms with E-state index in [9.17, 15) is 32.7 Å². The number of hydrogen-bond acceptors (Lipinski definition) is 5. The number of aliphatic carboxylic acids is 1. The molecule has 11 heteroatoms. The molecule has 7 nitrogen and oxygen atoms in total. The SMILES string of the molecule is CCCCCCCCCCCCCCCCC=C(SC[C@H](NC(=O)C(F)(F)F)C(=O)NCC(=O)O)[C@@H](O)CCCC. The summed E-state index contributed by atoms with van der Waals surface area (Å²) in [6, 6.07) is -1.61. The minimum atomic E-state index is -5.19. The Morgan fingerprint density at radius 2 is 1.29 bits per heavy atom. The lowest BCUT2D eigenvalue weighted by atomic mass is 10.0. The molecule has 0 unspecified atom stereocenters. The van der Waals surface area contributed by atoms with Gasteiger partial charge >= 0.3 is 18.1 Å². The quantitative estimate of drug-likeness (QED) is 0.0766. The smallest absolute Gasteiger partial charge is 0.471 e. The molecule has 2 atom stereocenters. The van der Waals surface area contributed by atoms with Crippen molar-refractivity contribution in [2.75, 3.05) is 12.3 Å². The molecule has 0 aliphatic carbocycles.